The minimum absolute atomic E-state index is 0.0354. The standard InChI is InChI=1S/C12H14N2O4S/c1-3-9(7-13)19(17,18)14-11-5-4-8(2)6-10(11)12(15)16/h4-6,9,14H,3H2,1-2H3,(H,15,16). The average Bonchev–Trinajstić information content (AvgIpc) is 2.32. The summed E-state index contributed by atoms with van der Waals surface area (Å²) in [6.45, 7) is 3.27. The Balaban J connectivity index is 3.21. The molecule has 0 saturated heterocycles. The van der Waals surface area contributed by atoms with E-state index in [0.717, 1.165) is 0 Å². The summed E-state index contributed by atoms with van der Waals surface area (Å²) in [7, 11) is -3.92. The van der Waals surface area contributed by atoms with E-state index in [4.69, 9.17) is 10.4 Å². The molecule has 1 aromatic carbocycles. The smallest absolute Gasteiger partial charge is 0.337 e. The number of carbonyl (C=O) groups is 1. The maximum absolute atomic E-state index is 11.9. The molecule has 0 bridgehead atoms. The molecule has 0 fully saturated rings. The van der Waals surface area contributed by atoms with Crippen LogP contribution in [0.25, 0.3) is 0 Å². The van der Waals surface area contributed by atoms with Crippen molar-refractivity contribution in [2.45, 2.75) is 25.5 Å². The fourth-order valence-electron chi connectivity index (χ4n) is 1.53. The lowest BCUT2D eigenvalue weighted by molar-refractivity contribution is 0.0698. The number of anilines is 1. The van der Waals surface area contributed by atoms with Gasteiger partial charge in [-0.25, -0.2) is 13.2 Å². The Morgan fingerprint density at radius 2 is 2.16 bits per heavy atom. The first-order chi connectivity index (χ1) is 8.81. The number of nitrogens with zero attached hydrogens (tertiary/aromatic N) is 1. The number of nitrogens with one attached hydrogen (secondary N) is 1. The number of benzene rings is 1. The third-order valence-corrected chi connectivity index (χ3v) is 4.24. The Morgan fingerprint density at radius 1 is 1.53 bits per heavy atom. The van der Waals surface area contributed by atoms with E-state index >= 15 is 0 Å². The Hall–Kier alpha value is -2.07. The van der Waals surface area contributed by atoms with Gasteiger partial charge in [0.25, 0.3) is 0 Å². The minimum Gasteiger partial charge on any atom is -0.478 e. The molecule has 0 heterocycles. The quantitative estimate of drug-likeness (QED) is 0.855. The molecule has 0 radical (unpaired) electrons. The van der Waals surface area contributed by atoms with E-state index in [2.05, 4.69) is 4.72 Å². The lowest BCUT2D eigenvalue weighted by Crippen LogP contribution is -2.26. The molecule has 0 aromatic heterocycles. The van der Waals surface area contributed by atoms with Crippen LogP contribution in [0.4, 0.5) is 5.69 Å². The highest BCUT2D eigenvalue weighted by atomic mass is 32.2. The summed E-state index contributed by atoms with van der Waals surface area (Å²) >= 11 is 0. The number of nitriles is 1. The van der Waals surface area contributed by atoms with Crippen LogP contribution in [0.3, 0.4) is 0 Å². The number of hydrogen-bond acceptors (Lipinski definition) is 4. The third kappa shape index (κ3) is 3.45. The fraction of sp³-hybridized carbons (Fsp3) is 0.333. The van der Waals surface area contributed by atoms with Gasteiger partial charge in [0, 0.05) is 0 Å². The second-order valence-electron chi connectivity index (χ2n) is 4.03. The molecule has 1 rings (SSSR count). The predicted octanol–water partition coefficient (Wildman–Crippen LogP) is 1.74. The van der Waals surface area contributed by atoms with Crippen molar-refractivity contribution in [2.75, 3.05) is 4.72 Å². The van der Waals surface area contributed by atoms with Crippen LogP contribution in [0, 0.1) is 18.3 Å². The Labute approximate surface area is 111 Å². The predicted molar refractivity (Wildman–Crippen MR) is 70.4 cm³/mol. The highest BCUT2D eigenvalue weighted by molar-refractivity contribution is 7.93. The maximum Gasteiger partial charge on any atom is 0.337 e. The molecule has 0 aliphatic heterocycles. The Morgan fingerprint density at radius 3 is 2.63 bits per heavy atom. The zero-order valence-corrected chi connectivity index (χ0v) is 11.4. The highest BCUT2D eigenvalue weighted by Crippen LogP contribution is 2.20. The number of sulfonamides is 1. The number of carboxylic acids is 1. The van der Waals surface area contributed by atoms with Crippen LogP contribution in [-0.4, -0.2) is 24.7 Å². The number of carboxylic acid groups (broad SMARTS) is 1. The lowest BCUT2D eigenvalue weighted by Gasteiger charge is -2.13. The summed E-state index contributed by atoms with van der Waals surface area (Å²) in [6, 6.07) is 6.01. The van der Waals surface area contributed by atoms with E-state index in [0.29, 0.717) is 5.56 Å². The second-order valence-corrected chi connectivity index (χ2v) is 5.89. The van der Waals surface area contributed by atoms with Crippen molar-refractivity contribution in [1.29, 1.82) is 5.26 Å². The summed E-state index contributed by atoms with van der Waals surface area (Å²) in [5.74, 6) is -1.23. The normalized spacial score (nSPS) is 12.5. The van der Waals surface area contributed by atoms with E-state index in [9.17, 15) is 13.2 Å². The molecule has 6 nitrogen and oxygen atoms in total. The number of aryl methyl sites for hydroxylation is 1. The van der Waals surface area contributed by atoms with Crippen LogP contribution in [0.1, 0.15) is 29.3 Å². The second kappa shape index (κ2) is 5.71. The Kier molecular flexibility index (Phi) is 4.51. The van der Waals surface area contributed by atoms with E-state index in [1.807, 2.05) is 0 Å². The van der Waals surface area contributed by atoms with E-state index < -0.39 is 21.2 Å². The van der Waals surface area contributed by atoms with Gasteiger partial charge in [-0.05, 0) is 25.5 Å². The van der Waals surface area contributed by atoms with E-state index in [-0.39, 0.29) is 17.7 Å². The molecule has 0 amide bonds. The molecule has 2 N–H and O–H groups in total. The van der Waals surface area contributed by atoms with Gasteiger partial charge < -0.3 is 5.11 Å². The first kappa shape index (κ1) is 15.0. The van der Waals surface area contributed by atoms with Crippen molar-refractivity contribution < 1.29 is 18.3 Å². The summed E-state index contributed by atoms with van der Waals surface area (Å²) in [6.07, 6.45) is 0.125. The molecule has 0 saturated carbocycles. The van der Waals surface area contributed by atoms with Gasteiger partial charge >= 0.3 is 5.97 Å². The van der Waals surface area contributed by atoms with Gasteiger partial charge in [0.05, 0.1) is 17.3 Å². The third-order valence-electron chi connectivity index (χ3n) is 2.55. The Bertz CT molecular complexity index is 632. The molecule has 7 heteroatoms. The fourth-order valence-corrected chi connectivity index (χ4v) is 2.73. The molecule has 1 unspecified atom stereocenters. The highest BCUT2D eigenvalue weighted by Gasteiger charge is 2.25. The molecule has 19 heavy (non-hydrogen) atoms. The van der Waals surface area contributed by atoms with E-state index in [1.165, 1.54) is 12.1 Å². The molecule has 0 aliphatic carbocycles. The molecule has 102 valence electrons. The van der Waals surface area contributed by atoms with Gasteiger partial charge in [0.1, 0.15) is 0 Å². The first-order valence-corrected chi connectivity index (χ1v) is 7.11. The van der Waals surface area contributed by atoms with Crippen molar-refractivity contribution in [3.8, 4) is 6.07 Å². The zero-order valence-electron chi connectivity index (χ0n) is 10.5. The van der Waals surface area contributed by atoms with Crippen molar-refractivity contribution >= 4 is 21.7 Å². The van der Waals surface area contributed by atoms with Crippen LogP contribution >= 0.6 is 0 Å². The minimum atomic E-state index is -3.92. The van der Waals surface area contributed by atoms with Crippen molar-refractivity contribution in [2.24, 2.45) is 0 Å². The molecular weight excluding hydrogens is 268 g/mol. The van der Waals surface area contributed by atoms with Crippen molar-refractivity contribution in [1.82, 2.24) is 0 Å². The van der Waals surface area contributed by atoms with Crippen LogP contribution in [0.5, 0.6) is 0 Å². The lowest BCUT2D eigenvalue weighted by atomic mass is 10.1. The largest absolute Gasteiger partial charge is 0.478 e. The number of hydrogen-bond donors (Lipinski definition) is 2. The van der Waals surface area contributed by atoms with Crippen LogP contribution in [-0.2, 0) is 10.0 Å². The molecule has 1 aromatic rings. The van der Waals surface area contributed by atoms with Gasteiger partial charge in [-0.1, -0.05) is 18.6 Å². The summed E-state index contributed by atoms with van der Waals surface area (Å²) in [4.78, 5) is 11.1. The molecule has 0 spiro atoms. The zero-order chi connectivity index (χ0) is 14.6. The van der Waals surface area contributed by atoms with Crippen LogP contribution in [0.2, 0.25) is 0 Å². The summed E-state index contributed by atoms with van der Waals surface area (Å²) in [5, 5.41) is 16.6. The van der Waals surface area contributed by atoms with Crippen LogP contribution in [0.15, 0.2) is 18.2 Å². The number of rotatable bonds is 5. The monoisotopic (exact) mass is 282 g/mol. The molecular formula is C12H14N2O4S. The molecule has 0 aliphatic rings. The number of aromatic carboxylic acids is 1. The van der Waals surface area contributed by atoms with Gasteiger partial charge in [-0.15, -0.1) is 0 Å². The van der Waals surface area contributed by atoms with E-state index in [1.54, 1.807) is 26.0 Å². The van der Waals surface area contributed by atoms with Gasteiger partial charge in [-0.2, -0.15) is 5.26 Å². The van der Waals surface area contributed by atoms with Gasteiger partial charge in [-0.3, -0.25) is 4.72 Å². The topological polar surface area (TPSA) is 107 Å². The van der Waals surface area contributed by atoms with Gasteiger partial charge in [0.15, 0.2) is 5.25 Å². The van der Waals surface area contributed by atoms with Gasteiger partial charge in [0.2, 0.25) is 10.0 Å². The van der Waals surface area contributed by atoms with Crippen molar-refractivity contribution in [3.63, 3.8) is 0 Å². The SMILES string of the molecule is CCC(C#N)S(=O)(=O)Nc1ccc(C)cc1C(=O)O. The molecule has 1 atom stereocenters. The first-order valence-electron chi connectivity index (χ1n) is 5.57. The van der Waals surface area contributed by atoms with Crippen molar-refractivity contribution in [3.05, 3.63) is 29.3 Å². The summed E-state index contributed by atoms with van der Waals surface area (Å²) in [5.41, 5.74) is 0.524. The maximum atomic E-state index is 11.9. The van der Waals surface area contributed by atoms with Crippen LogP contribution < -0.4 is 4.72 Å². The summed E-state index contributed by atoms with van der Waals surface area (Å²) < 4.78 is 26.0. The average molecular weight is 282 g/mol.